The molecule has 2 aromatic rings. The lowest BCUT2D eigenvalue weighted by Crippen LogP contribution is -2.38. The normalized spacial score (nSPS) is 11.7. The maximum Gasteiger partial charge on any atom is 0.242 e. The molecular weight excluding hydrogens is 525 g/mol. The number of para-hydroxylation sites is 1. The summed E-state index contributed by atoms with van der Waals surface area (Å²) in [5, 5.41) is 6.52. The van der Waals surface area contributed by atoms with Crippen molar-refractivity contribution in [2.75, 3.05) is 45.7 Å². The van der Waals surface area contributed by atoms with Crippen molar-refractivity contribution < 1.29 is 8.42 Å². The number of benzene rings is 2. The quantitative estimate of drug-likeness (QED) is 0.203. The fourth-order valence-electron chi connectivity index (χ4n) is 3.08. The second-order valence-corrected chi connectivity index (χ2v) is 9.14. The Bertz CT molecular complexity index is 921. The van der Waals surface area contributed by atoms with Crippen molar-refractivity contribution in [3.05, 3.63) is 60.2 Å². The van der Waals surface area contributed by atoms with E-state index in [1.165, 1.54) is 24.1 Å². The molecule has 0 atom stereocenters. The number of hydrogen-bond donors (Lipinski definition) is 2. The Balaban J connectivity index is 0.00000480. The predicted molar refractivity (Wildman–Crippen MR) is 140 cm³/mol. The fraction of sp³-hybridized carbons (Fsp3) is 0.409. The van der Waals surface area contributed by atoms with Crippen molar-refractivity contribution in [1.82, 2.24) is 14.9 Å². The molecule has 0 saturated heterocycles. The lowest BCUT2D eigenvalue weighted by Gasteiger charge is -2.23. The second-order valence-electron chi connectivity index (χ2n) is 7.02. The van der Waals surface area contributed by atoms with Crippen molar-refractivity contribution in [2.24, 2.45) is 4.99 Å². The van der Waals surface area contributed by atoms with Crippen LogP contribution < -0.4 is 15.5 Å². The molecule has 172 valence electrons. The van der Waals surface area contributed by atoms with E-state index in [1.54, 1.807) is 19.2 Å². The van der Waals surface area contributed by atoms with Gasteiger partial charge in [0.05, 0.1) is 4.90 Å². The van der Waals surface area contributed by atoms with Crippen LogP contribution in [0.2, 0.25) is 0 Å². The molecule has 7 nitrogen and oxygen atoms in total. The summed E-state index contributed by atoms with van der Waals surface area (Å²) >= 11 is 0. The van der Waals surface area contributed by atoms with E-state index in [9.17, 15) is 8.42 Å². The highest BCUT2D eigenvalue weighted by molar-refractivity contribution is 14.0. The molecule has 9 heteroatoms. The maximum absolute atomic E-state index is 12.5. The number of hydrogen-bond acceptors (Lipinski definition) is 4. The summed E-state index contributed by atoms with van der Waals surface area (Å²) in [5.41, 5.74) is 1.93. The van der Waals surface area contributed by atoms with Crippen molar-refractivity contribution >= 4 is 45.6 Å². The summed E-state index contributed by atoms with van der Waals surface area (Å²) in [5.74, 6) is 0.648. The number of halogens is 1. The van der Waals surface area contributed by atoms with Crippen molar-refractivity contribution in [2.45, 2.75) is 24.8 Å². The van der Waals surface area contributed by atoms with Crippen LogP contribution in [0.25, 0.3) is 0 Å². The summed E-state index contributed by atoms with van der Waals surface area (Å²) in [4.78, 5) is 6.88. The zero-order valence-corrected chi connectivity index (χ0v) is 21.9. The average Bonchev–Trinajstić information content (AvgIpc) is 2.76. The maximum atomic E-state index is 12.5. The van der Waals surface area contributed by atoms with E-state index in [2.05, 4.69) is 51.7 Å². The molecule has 0 aliphatic heterocycles. The minimum absolute atomic E-state index is 0. The molecule has 0 radical (unpaired) electrons. The lowest BCUT2D eigenvalue weighted by atomic mass is 10.2. The Morgan fingerprint density at radius 3 is 2.26 bits per heavy atom. The molecule has 2 aromatic carbocycles. The zero-order chi connectivity index (χ0) is 22.0. The van der Waals surface area contributed by atoms with Crippen molar-refractivity contribution in [3.63, 3.8) is 0 Å². The summed E-state index contributed by atoms with van der Waals surface area (Å²) in [6, 6.07) is 17.4. The van der Waals surface area contributed by atoms with E-state index in [0.29, 0.717) is 23.0 Å². The van der Waals surface area contributed by atoms with Crippen molar-refractivity contribution in [3.8, 4) is 0 Å². The van der Waals surface area contributed by atoms with Gasteiger partial charge in [-0.15, -0.1) is 24.0 Å². The van der Waals surface area contributed by atoms with Crippen LogP contribution >= 0.6 is 24.0 Å². The number of guanidine groups is 1. The molecule has 0 fully saturated rings. The first-order chi connectivity index (χ1) is 14.4. The van der Waals surface area contributed by atoms with Crippen LogP contribution in [0.1, 0.15) is 18.9 Å². The Hall–Kier alpha value is -1.85. The molecule has 2 rings (SSSR count). The Morgan fingerprint density at radius 2 is 1.65 bits per heavy atom. The SMILES string of the molecule is CCN(CCCNC(=NC)NCc1ccccc1S(=O)(=O)N(C)C)c1ccccc1.I. The number of sulfonamides is 1. The Kier molecular flexibility index (Phi) is 11.9. The smallest absolute Gasteiger partial charge is 0.242 e. The number of aliphatic imine (C=N–C) groups is 1. The minimum Gasteiger partial charge on any atom is -0.372 e. The summed E-state index contributed by atoms with van der Waals surface area (Å²) in [7, 11) is 1.29. The van der Waals surface area contributed by atoms with E-state index < -0.39 is 10.0 Å². The van der Waals surface area contributed by atoms with Crippen LogP contribution in [0, 0.1) is 0 Å². The first-order valence-corrected chi connectivity index (χ1v) is 11.6. The largest absolute Gasteiger partial charge is 0.372 e. The molecule has 0 amide bonds. The molecule has 0 saturated carbocycles. The van der Waals surface area contributed by atoms with Gasteiger partial charge in [-0.1, -0.05) is 36.4 Å². The molecule has 2 N–H and O–H groups in total. The number of anilines is 1. The van der Waals surface area contributed by atoms with Gasteiger partial charge < -0.3 is 15.5 Å². The molecule has 0 aromatic heterocycles. The van der Waals surface area contributed by atoms with E-state index in [4.69, 9.17) is 0 Å². The molecule has 31 heavy (non-hydrogen) atoms. The highest BCUT2D eigenvalue weighted by Gasteiger charge is 2.20. The van der Waals surface area contributed by atoms with Gasteiger partial charge in [0, 0.05) is 53.0 Å². The van der Waals surface area contributed by atoms with Crippen LogP contribution in [-0.2, 0) is 16.6 Å². The minimum atomic E-state index is -3.49. The van der Waals surface area contributed by atoms with Gasteiger partial charge in [-0.05, 0) is 37.1 Å². The van der Waals surface area contributed by atoms with Gasteiger partial charge in [-0.3, -0.25) is 4.99 Å². The topological polar surface area (TPSA) is 77.0 Å². The molecule has 0 spiro atoms. The summed E-state index contributed by atoms with van der Waals surface area (Å²) in [6.07, 6.45) is 0.953. The second kappa shape index (κ2) is 13.5. The van der Waals surface area contributed by atoms with Crippen LogP contribution in [-0.4, -0.2) is 59.5 Å². The Morgan fingerprint density at radius 1 is 1.00 bits per heavy atom. The third kappa shape index (κ3) is 7.97. The van der Waals surface area contributed by atoms with Gasteiger partial charge in [-0.2, -0.15) is 0 Å². The monoisotopic (exact) mass is 559 g/mol. The van der Waals surface area contributed by atoms with Gasteiger partial charge in [-0.25, -0.2) is 12.7 Å². The zero-order valence-electron chi connectivity index (χ0n) is 18.7. The number of nitrogens with one attached hydrogen (secondary N) is 2. The first kappa shape index (κ1) is 27.2. The summed E-state index contributed by atoms with van der Waals surface area (Å²) in [6.45, 7) is 5.18. The molecule has 0 aliphatic carbocycles. The number of nitrogens with zero attached hydrogens (tertiary/aromatic N) is 3. The van der Waals surface area contributed by atoms with E-state index in [1.807, 2.05) is 18.2 Å². The lowest BCUT2D eigenvalue weighted by molar-refractivity contribution is 0.519. The Labute approximate surface area is 204 Å². The first-order valence-electron chi connectivity index (χ1n) is 10.1. The molecule has 0 heterocycles. The van der Waals surface area contributed by atoms with E-state index in [0.717, 1.165) is 26.1 Å². The molecule has 0 unspecified atom stereocenters. The van der Waals surface area contributed by atoms with Crippen LogP contribution in [0.3, 0.4) is 0 Å². The van der Waals surface area contributed by atoms with Gasteiger partial charge in [0.2, 0.25) is 10.0 Å². The fourth-order valence-corrected chi connectivity index (χ4v) is 4.20. The molecule has 0 aliphatic rings. The van der Waals surface area contributed by atoms with Crippen LogP contribution in [0.4, 0.5) is 5.69 Å². The van der Waals surface area contributed by atoms with Crippen molar-refractivity contribution in [1.29, 1.82) is 0 Å². The predicted octanol–water partition coefficient (Wildman–Crippen LogP) is 3.14. The standard InChI is InChI=1S/C22H33N5O2S.HI/c1-5-27(20-13-7-6-8-14-20)17-11-16-24-22(23-2)25-18-19-12-9-10-15-21(19)30(28,29)26(3)4;/h6-10,12-15H,5,11,16-18H2,1-4H3,(H2,23,24,25);1H. The highest BCUT2D eigenvalue weighted by Crippen LogP contribution is 2.18. The molecular formula is C22H34IN5O2S. The average molecular weight is 560 g/mol. The van der Waals surface area contributed by atoms with Gasteiger partial charge in [0.25, 0.3) is 0 Å². The summed E-state index contributed by atoms with van der Waals surface area (Å²) < 4.78 is 26.3. The van der Waals surface area contributed by atoms with Gasteiger partial charge in [0.15, 0.2) is 5.96 Å². The van der Waals surface area contributed by atoms with Crippen LogP contribution in [0.15, 0.2) is 64.5 Å². The van der Waals surface area contributed by atoms with Gasteiger partial charge >= 0.3 is 0 Å². The van der Waals surface area contributed by atoms with E-state index in [-0.39, 0.29) is 24.0 Å². The van der Waals surface area contributed by atoms with Gasteiger partial charge in [0.1, 0.15) is 0 Å². The van der Waals surface area contributed by atoms with E-state index >= 15 is 0 Å². The number of rotatable bonds is 10. The third-order valence-corrected chi connectivity index (χ3v) is 6.72. The third-order valence-electron chi connectivity index (χ3n) is 4.80. The van der Waals surface area contributed by atoms with Crippen LogP contribution in [0.5, 0.6) is 0 Å². The molecule has 0 bridgehead atoms. The highest BCUT2D eigenvalue weighted by atomic mass is 127.